The largest absolute Gasteiger partial charge is 0.463 e. The van der Waals surface area contributed by atoms with Crippen LogP contribution in [0.5, 0.6) is 0 Å². The minimum absolute atomic E-state index is 0.108. The maximum absolute atomic E-state index is 11.7. The molecule has 3 unspecified atom stereocenters. The summed E-state index contributed by atoms with van der Waals surface area (Å²) in [5.41, 5.74) is 23.6. The summed E-state index contributed by atoms with van der Waals surface area (Å²) >= 11 is 0. The average Bonchev–Trinajstić information content (AvgIpc) is 3.66. The minimum atomic E-state index is -0.368. The number of esters is 1. The lowest BCUT2D eigenvalue weighted by Crippen LogP contribution is -2.30. The second-order valence-corrected chi connectivity index (χ2v) is 19.3. The van der Waals surface area contributed by atoms with Crippen molar-refractivity contribution in [1.82, 2.24) is 0 Å². The van der Waals surface area contributed by atoms with E-state index in [2.05, 4.69) is 182 Å². The third-order valence-electron chi connectivity index (χ3n) is 14.5. The highest BCUT2D eigenvalue weighted by Crippen LogP contribution is 2.58. The van der Waals surface area contributed by atoms with Crippen molar-refractivity contribution in [1.29, 1.82) is 0 Å². The number of hydrogen-bond acceptors (Lipinski definition) is 2. The van der Waals surface area contributed by atoms with Crippen LogP contribution < -0.4 is 0 Å². The Balaban J connectivity index is 0.984. The molecule has 0 spiro atoms. The molecule has 0 fully saturated rings. The van der Waals surface area contributed by atoms with E-state index in [0.717, 1.165) is 24.8 Å². The number of fused-ring (bicyclic) bond motifs is 6. The lowest BCUT2D eigenvalue weighted by atomic mass is 9.61. The number of ether oxygens (including phenoxy) is 1. The topological polar surface area (TPSA) is 26.3 Å². The quantitative estimate of drug-likeness (QED) is 0.0731. The first-order valence-corrected chi connectivity index (χ1v) is 21.8. The highest BCUT2D eigenvalue weighted by molar-refractivity contribution is 5.91. The van der Waals surface area contributed by atoms with E-state index < -0.39 is 0 Å². The van der Waals surface area contributed by atoms with Crippen LogP contribution in [0.2, 0.25) is 0 Å². The number of benzene rings is 4. The van der Waals surface area contributed by atoms with Crippen molar-refractivity contribution < 1.29 is 9.53 Å². The van der Waals surface area contributed by atoms with Gasteiger partial charge in [-0.3, -0.25) is 0 Å². The molecule has 0 bridgehead atoms. The van der Waals surface area contributed by atoms with Gasteiger partial charge >= 0.3 is 5.97 Å². The van der Waals surface area contributed by atoms with Crippen LogP contribution >= 0.6 is 0 Å². The van der Waals surface area contributed by atoms with Crippen LogP contribution in [0.3, 0.4) is 0 Å². The fourth-order valence-corrected chi connectivity index (χ4v) is 11.3. The predicted molar refractivity (Wildman–Crippen MR) is 249 cm³/mol. The third-order valence-corrected chi connectivity index (χ3v) is 14.5. The summed E-state index contributed by atoms with van der Waals surface area (Å²) in [6.45, 7) is 22.5. The minimum Gasteiger partial charge on any atom is -0.463 e. The van der Waals surface area contributed by atoms with Crippen LogP contribution in [0.25, 0.3) is 39.0 Å². The molecule has 6 aliphatic rings. The van der Waals surface area contributed by atoms with Crippen LogP contribution in [0.4, 0.5) is 0 Å². The number of carbonyl (C=O) groups excluding carboxylic acids is 1. The molecule has 10 rings (SSSR count). The molecule has 3 atom stereocenters. The molecule has 0 saturated heterocycles. The number of allylic oxidation sites excluding steroid dienone is 15. The van der Waals surface area contributed by atoms with E-state index in [1.54, 1.807) is 0 Å². The Kier molecular flexibility index (Phi) is 8.78. The lowest BCUT2D eigenvalue weighted by Gasteiger charge is -2.42. The van der Waals surface area contributed by atoms with Gasteiger partial charge in [-0.1, -0.05) is 163 Å². The van der Waals surface area contributed by atoms with Gasteiger partial charge in [-0.25, -0.2) is 4.79 Å². The monoisotopic (exact) mass is 782 g/mol. The first-order valence-electron chi connectivity index (χ1n) is 21.8. The zero-order chi connectivity index (χ0) is 41.7. The maximum Gasteiger partial charge on any atom is 0.330 e. The Labute approximate surface area is 356 Å². The van der Waals surface area contributed by atoms with Gasteiger partial charge in [0.15, 0.2) is 0 Å². The van der Waals surface area contributed by atoms with Crippen molar-refractivity contribution in [2.75, 3.05) is 6.61 Å². The van der Waals surface area contributed by atoms with E-state index in [9.17, 15) is 4.79 Å². The summed E-state index contributed by atoms with van der Waals surface area (Å²) < 4.78 is 5.34. The molecule has 0 aromatic heterocycles. The lowest BCUT2D eigenvalue weighted by molar-refractivity contribution is -0.137. The Hall–Kier alpha value is -5.99. The van der Waals surface area contributed by atoms with Crippen molar-refractivity contribution in [2.45, 2.75) is 71.6 Å². The predicted octanol–water partition coefficient (Wildman–Crippen LogP) is 14.3. The summed E-state index contributed by atoms with van der Waals surface area (Å²) in [5.74, 6) is 0.338. The van der Waals surface area contributed by atoms with E-state index in [1.165, 1.54) is 101 Å². The van der Waals surface area contributed by atoms with E-state index in [1.807, 2.05) is 0 Å². The molecule has 2 heteroatoms. The molecule has 60 heavy (non-hydrogen) atoms. The molecule has 6 aliphatic carbocycles. The van der Waals surface area contributed by atoms with Gasteiger partial charge in [0.1, 0.15) is 0 Å². The smallest absolute Gasteiger partial charge is 0.330 e. The van der Waals surface area contributed by atoms with Gasteiger partial charge in [-0.05, 0) is 144 Å². The summed E-state index contributed by atoms with van der Waals surface area (Å²) in [6, 6.07) is 30.2. The standard InChI is InChI=1S/C58H54O2/c1-9-53(59)60-29-13-12-28-58(35(2)3)49-15-11-10-14-44(49)47-25-20-38(33-52(47)58)37-19-24-45-46-26-21-39(34-51(46)57(7,8)50(45)32-37)43-23-18-36-16-17-40-30-42(56(4,5)6)31-41-22-27-48(43)55(36)54(40)41/h9-11,14-27,30-34,54-55H,1-2,12-13,28-29H2,3-8H3. The van der Waals surface area contributed by atoms with Gasteiger partial charge in [0, 0.05) is 28.7 Å². The number of rotatable bonds is 9. The fourth-order valence-electron chi connectivity index (χ4n) is 11.3. The zero-order valence-corrected chi connectivity index (χ0v) is 35.9. The second kappa shape index (κ2) is 13.8. The molecule has 0 heterocycles. The molecule has 4 aromatic rings. The number of hydrogen-bond donors (Lipinski definition) is 0. The van der Waals surface area contributed by atoms with E-state index >= 15 is 0 Å². The maximum atomic E-state index is 11.7. The Bertz CT molecular complexity index is 2810. The first-order chi connectivity index (χ1) is 28.8. The fraction of sp³-hybridized carbons (Fsp3) is 0.259. The second-order valence-electron chi connectivity index (χ2n) is 19.3. The Morgan fingerprint density at radius 2 is 1.32 bits per heavy atom. The first kappa shape index (κ1) is 38.2. The van der Waals surface area contributed by atoms with Crippen LogP contribution in [0, 0.1) is 17.3 Å². The van der Waals surface area contributed by atoms with Crippen molar-refractivity contribution in [2.24, 2.45) is 17.3 Å². The van der Waals surface area contributed by atoms with E-state index in [4.69, 9.17) is 4.74 Å². The molecule has 0 N–H and O–H groups in total. The van der Waals surface area contributed by atoms with Gasteiger partial charge in [0.2, 0.25) is 0 Å². The molecule has 4 aromatic carbocycles. The SMILES string of the molecule is C=CC(=O)OCCCCC1(C(=C)C)c2ccccc2-c2ccc(-c3ccc4c(c3)C(C)(C)c3cc(C5=CC=C6C=CC7=CC(C(C)(C)C)=CC8=CC=C5C6C87)ccc3-4)cc21. The van der Waals surface area contributed by atoms with Crippen LogP contribution in [-0.4, -0.2) is 12.6 Å². The summed E-state index contributed by atoms with van der Waals surface area (Å²) in [6.07, 6.45) is 23.0. The molecular formula is C58H54O2. The summed E-state index contributed by atoms with van der Waals surface area (Å²) in [7, 11) is 0. The Morgan fingerprint density at radius 1 is 0.700 bits per heavy atom. The van der Waals surface area contributed by atoms with Gasteiger partial charge < -0.3 is 4.74 Å². The highest BCUT2D eigenvalue weighted by Gasteiger charge is 2.44. The summed E-state index contributed by atoms with van der Waals surface area (Å²) in [4.78, 5) is 11.7. The van der Waals surface area contributed by atoms with Gasteiger partial charge in [-0.2, -0.15) is 0 Å². The van der Waals surface area contributed by atoms with Crippen molar-refractivity contribution >= 4 is 11.5 Å². The average molecular weight is 783 g/mol. The van der Waals surface area contributed by atoms with E-state index in [0.29, 0.717) is 18.4 Å². The molecule has 0 radical (unpaired) electrons. The molecular weight excluding hydrogens is 729 g/mol. The van der Waals surface area contributed by atoms with Crippen LogP contribution in [0.15, 0.2) is 180 Å². The normalized spacial score (nSPS) is 22.0. The highest BCUT2D eigenvalue weighted by atomic mass is 16.5. The third kappa shape index (κ3) is 5.71. The molecule has 0 amide bonds. The van der Waals surface area contributed by atoms with Gasteiger partial charge in [0.05, 0.1) is 6.61 Å². The number of carbonyl (C=O) groups is 1. The van der Waals surface area contributed by atoms with Crippen molar-refractivity contribution in [3.8, 4) is 33.4 Å². The van der Waals surface area contributed by atoms with Crippen LogP contribution in [-0.2, 0) is 20.4 Å². The van der Waals surface area contributed by atoms with Gasteiger partial charge in [-0.15, -0.1) is 0 Å². The Morgan fingerprint density at radius 3 is 2.02 bits per heavy atom. The molecule has 0 saturated carbocycles. The molecule has 0 aliphatic heterocycles. The van der Waals surface area contributed by atoms with E-state index in [-0.39, 0.29) is 22.2 Å². The molecule has 298 valence electrons. The van der Waals surface area contributed by atoms with Crippen molar-refractivity contribution in [3.05, 3.63) is 208 Å². The van der Waals surface area contributed by atoms with Crippen molar-refractivity contribution in [3.63, 3.8) is 0 Å². The van der Waals surface area contributed by atoms with Gasteiger partial charge in [0.25, 0.3) is 0 Å². The summed E-state index contributed by atoms with van der Waals surface area (Å²) in [5, 5.41) is 0. The van der Waals surface area contributed by atoms with Crippen LogP contribution in [0.1, 0.15) is 88.6 Å². The number of unbranched alkanes of at least 4 members (excludes halogenated alkanes) is 1. The zero-order valence-electron chi connectivity index (χ0n) is 35.9. The molecule has 2 nitrogen and oxygen atoms in total.